The molecule has 5 heteroatoms. The van der Waals surface area contributed by atoms with Gasteiger partial charge in [-0.1, -0.05) is 26.7 Å². The molecule has 0 spiro atoms. The van der Waals surface area contributed by atoms with Crippen molar-refractivity contribution in [3.63, 3.8) is 0 Å². The van der Waals surface area contributed by atoms with E-state index in [1.54, 1.807) is 23.7 Å². The van der Waals surface area contributed by atoms with Crippen LogP contribution in [0.3, 0.4) is 0 Å². The van der Waals surface area contributed by atoms with Gasteiger partial charge in [-0.3, -0.25) is 9.59 Å². The number of hydrogen-bond acceptors (Lipinski definition) is 3. The second kappa shape index (κ2) is 6.13. The molecular weight excluding hydrogens is 224 g/mol. The average Bonchev–Trinajstić information content (AvgIpc) is 2.63. The molecule has 2 amide bonds. The summed E-state index contributed by atoms with van der Waals surface area (Å²) in [7, 11) is 1.60. The van der Waals surface area contributed by atoms with Crippen molar-refractivity contribution in [2.45, 2.75) is 32.1 Å². The lowest BCUT2D eigenvalue weighted by Gasteiger charge is -2.29. The first-order valence-electron chi connectivity index (χ1n) is 5.75. The zero-order valence-electron chi connectivity index (χ0n) is 10.2. The van der Waals surface area contributed by atoms with Gasteiger partial charge in [0.15, 0.2) is 0 Å². The van der Waals surface area contributed by atoms with Gasteiger partial charge >= 0.3 is 0 Å². The number of rotatable bonds is 5. The van der Waals surface area contributed by atoms with E-state index in [4.69, 9.17) is 0 Å². The lowest BCUT2D eigenvalue weighted by atomic mass is 10.0. The van der Waals surface area contributed by atoms with Crippen molar-refractivity contribution in [2.75, 3.05) is 19.3 Å². The average molecular weight is 244 g/mol. The summed E-state index contributed by atoms with van der Waals surface area (Å²) in [5.74, 6) is 0.997. The molecule has 16 heavy (non-hydrogen) atoms. The predicted molar refractivity (Wildman–Crippen MR) is 66.1 cm³/mol. The molecule has 1 aliphatic heterocycles. The highest BCUT2D eigenvalue weighted by Gasteiger charge is 2.36. The predicted octanol–water partition coefficient (Wildman–Crippen LogP) is 1.07. The molecule has 1 heterocycles. The SMILES string of the molecule is CCC(CC)C1SCC(=O)N1CC(=O)NC. The van der Waals surface area contributed by atoms with E-state index in [1.165, 1.54) is 0 Å². The standard InChI is InChI=1S/C11H20N2O2S/c1-4-8(5-2)11-13(6-9(14)12-3)10(15)7-16-11/h8,11H,4-7H2,1-3H3,(H,12,14). The van der Waals surface area contributed by atoms with E-state index in [2.05, 4.69) is 19.2 Å². The number of carbonyl (C=O) groups is 2. The van der Waals surface area contributed by atoms with Crippen molar-refractivity contribution in [2.24, 2.45) is 5.92 Å². The number of nitrogens with one attached hydrogen (secondary N) is 1. The second-order valence-electron chi connectivity index (χ2n) is 3.97. The maximum absolute atomic E-state index is 11.7. The Labute approximate surface area is 101 Å². The molecule has 0 saturated carbocycles. The van der Waals surface area contributed by atoms with Crippen LogP contribution in [0.2, 0.25) is 0 Å². The van der Waals surface area contributed by atoms with Gasteiger partial charge in [0.2, 0.25) is 11.8 Å². The Balaban J connectivity index is 2.69. The quantitative estimate of drug-likeness (QED) is 0.787. The molecule has 4 nitrogen and oxygen atoms in total. The van der Waals surface area contributed by atoms with Crippen LogP contribution in [0.15, 0.2) is 0 Å². The summed E-state index contributed by atoms with van der Waals surface area (Å²) >= 11 is 1.66. The summed E-state index contributed by atoms with van der Waals surface area (Å²) < 4.78 is 0. The van der Waals surface area contributed by atoms with Crippen molar-refractivity contribution in [3.05, 3.63) is 0 Å². The van der Waals surface area contributed by atoms with Crippen LogP contribution in [0, 0.1) is 5.92 Å². The summed E-state index contributed by atoms with van der Waals surface area (Å²) in [5.41, 5.74) is 0. The third-order valence-electron chi connectivity index (χ3n) is 3.05. The number of thioether (sulfide) groups is 1. The Morgan fingerprint density at radius 3 is 2.69 bits per heavy atom. The summed E-state index contributed by atoms with van der Waals surface area (Å²) in [6.07, 6.45) is 2.09. The van der Waals surface area contributed by atoms with Gasteiger partial charge in [0.05, 0.1) is 11.1 Å². The Morgan fingerprint density at radius 2 is 2.19 bits per heavy atom. The van der Waals surface area contributed by atoms with Crippen LogP contribution in [0.5, 0.6) is 0 Å². The minimum Gasteiger partial charge on any atom is -0.358 e. The van der Waals surface area contributed by atoms with Gasteiger partial charge in [-0.15, -0.1) is 11.8 Å². The van der Waals surface area contributed by atoms with Crippen molar-refractivity contribution in [1.82, 2.24) is 10.2 Å². The zero-order valence-corrected chi connectivity index (χ0v) is 11.0. The topological polar surface area (TPSA) is 49.4 Å². The summed E-state index contributed by atoms with van der Waals surface area (Å²) in [5, 5.41) is 2.75. The molecule has 1 unspecified atom stereocenters. The molecule has 1 aliphatic rings. The molecule has 1 atom stereocenters. The first kappa shape index (κ1) is 13.4. The monoisotopic (exact) mass is 244 g/mol. The molecule has 0 aromatic rings. The van der Waals surface area contributed by atoms with Gasteiger partial charge in [0, 0.05) is 7.05 Å². The van der Waals surface area contributed by atoms with Crippen LogP contribution in [-0.2, 0) is 9.59 Å². The molecular formula is C11H20N2O2S. The summed E-state index contributed by atoms with van der Waals surface area (Å²) in [6, 6.07) is 0. The van der Waals surface area contributed by atoms with E-state index in [9.17, 15) is 9.59 Å². The van der Waals surface area contributed by atoms with Gasteiger partial charge < -0.3 is 10.2 Å². The number of nitrogens with zero attached hydrogens (tertiary/aromatic N) is 1. The van der Waals surface area contributed by atoms with Gasteiger partial charge in [-0.2, -0.15) is 0 Å². The maximum Gasteiger partial charge on any atom is 0.239 e. The smallest absolute Gasteiger partial charge is 0.239 e. The number of amides is 2. The fourth-order valence-electron chi connectivity index (χ4n) is 1.97. The van der Waals surface area contributed by atoms with Gasteiger partial charge in [0.25, 0.3) is 0 Å². The highest BCUT2D eigenvalue weighted by molar-refractivity contribution is 8.01. The maximum atomic E-state index is 11.7. The van der Waals surface area contributed by atoms with E-state index in [-0.39, 0.29) is 23.7 Å². The molecule has 1 fully saturated rings. The Morgan fingerprint density at radius 1 is 1.56 bits per heavy atom. The Bertz CT molecular complexity index is 267. The molecule has 0 aliphatic carbocycles. The van der Waals surface area contributed by atoms with Crippen LogP contribution in [0.1, 0.15) is 26.7 Å². The first-order valence-corrected chi connectivity index (χ1v) is 6.80. The van der Waals surface area contributed by atoms with Gasteiger partial charge in [-0.05, 0) is 5.92 Å². The van der Waals surface area contributed by atoms with Crippen LogP contribution in [0.25, 0.3) is 0 Å². The van der Waals surface area contributed by atoms with E-state index < -0.39 is 0 Å². The molecule has 0 aromatic carbocycles. The van der Waals surface area contributed by atoms with Crippen LogP contribution >= 0.6 is 11.8 Å². The van der Waals surface area contributed by atoms with Crippen molar-refractivity contribution in [3.8, 4) is 0 Å². The highest BCUT2D eigenvalue weighted by Crippen LogP contribution is 2.33. The van der Waals surface area contributed by atoms with Crippen LogP contribution in [-0.4, -0.2) is 41.4 Å². The lowest BCUT2D eigenvalue weighted by molar-refractivity contribution is -0.134. The number of likely N-dealkylation sites (N-methyl/N-ethyl adjacent to an activating group) is 1. The van der Waals surface area contributed by atoms with Crippen molar-refractivity contribution in [1.29, 1.82) is 0 Å². The minimum absolute atomic E-state index is 0.0884. The molecule has 1 saturated heterocycles. The molecule has 92 valence electrons. The van der Waals surface area contributed by atoms with Crippen LogP contribution in [0.4, 0.5) is 0 Å². The number of carbonyl (C=O) groups excluding carboxylic acids is 2. The second-order valence-corrected chi connectivity index (χ2v) is 5.08. The third-order valence-corrected chi connectivity index (χ3v) is 4.44. The fraction of sp³-hybridized carbons (Fsp3) is 0.818. The van der Waals surface area contributed by atoms with E-state index in [1.807, 2.05) is 0 Å². The largest absolute Gasteiger partial charge is 0.358 e. The van der Waals surface area contributed by atoms with Crippen molar-refractivity contribution >= 4 is 23.6 Å². The summed E-state index contributed by atoms with van der Waals surface area (Å²) in [4.78, 5) is 24.8. The van der Waals surface area contributed by atoms with Gasteiger partial charge in [-0.25, -0.2) is 0 Å². The third kappa shape index (κ3) is 2.90. The molecule has 1 rings (SSSR count). The fourth-order valence-corrected chi connectivity index (χ4v) is 3.47. The van der Waals surface area contributed by atoms with E-state index in [0.29, 0.717) is 11.7 Å². The van der Waals surface area contributed by atoms with Gasteiger partial charge in [0.1, 0.15) is 6.54 Å². The molecule has 0 radical (unpaired) electrons. The molecule has 0 bridgehead atoms. The minimum atomic E-state index is -0.0909. The Hall–Kier alpha value is -0.710. The zero-order chi connectivity index (χ0) is 12.1. The van der Waals surface area contributed by atoms with Crippen molar-refractivity contribution < 1.29 is 9.59 Å². The number of hydrogen-bond donors (Lipinski definition) is 1. The van der Waals surface area contributed by atoms with E-state index in [0.717, 1.165) is 12.8 Å². The molecule has 1 N–H and O–H groups in total. The summed E-state index contributed by atoms with van der Waals surface area (Å²) in [6.45, 7) is 4.47. The molecule has 0 aromatic heterocycles. The first-order chi connectivity index (χ1) is 7.63. The Kier molecular flexibility index (Phi) is 5.12. The van der Waals surface area contributed by atoms with Crippen LogP contribution < -0.4 is 5.32 Å². The highest BCUT2D eigenvalue weighted by atomic mass is 32.2. The normalized spacial score (nSPS) is 20.6. The van der Waals surface area contributed by atoms with E-state index >= 15 is 0 Å². The lowest BCUT2D eigenvalue weighted by Crippen LogP contribution is -2.43.